The van der Waals surface area contributed by atoms with Gasteiger partial charge in [-0.15, -0.1) is 0 Å². The van der Waals surface area contributed by atoms with Crippen LogP contribution in [0.15, 0.2) is 21.4 Å². The Labute approximate surface area is 134 Å². The standard InChI is InChI=1S/C16H24BrNO3/c1-2-6-18-14(13-4-7-20-15(13)17)12-3-8-21-16(10-12)5-9-19-11-16/h4,7,12,14,18H,2-3,5-6,8-11H2,1H3. The average Bonchev–Trinajstić information content (AvgIpc) is 3.10. The Morgan fingerprint density at radius 3 is 3.05 bits per heavy atom. The molecule has 0 saturated carbocycles. The number of rotatable bonds is 5. The zero-order valence-electron chi connectivity index (χ0n) is 12.6. The molecule has 118 valence electrons. The van der Waals surface area contributed by atoms with Crippen molar-refractivity contribution in [3.63, 3.8) is 0 Å². The Balaban J connectivity index is 1.77. The molecule has 0 aromatic carbocycles. The monoisotopic (exact) mass is 357 g/mol. The first-order valence-corrected chi connectivity index (χ1v) is 8.71. The molecule has 2 saturated heterocycles. The Morgan fingerprint density at radius 1 is 1.48 bits per heavy atom. The second-order valence-corrected chi connectivity index (χ2v) is 6.89. The molecule has 0 bridgehead atoms. The van der Waals surface area contributed by atoms with Crippen LogP contribution in [0.2, 0.25) is 0 Å². The number of ether oxygens (including phenoxy) is 2. The zero-order valence-corrected chi connectivity index (χ0v) is 14.2. The molecule has 2 fully saturated rings. The van der Waals surface area contributed by atoms with E-state index in [4.69, 9.17) is 13.9 Å². The molecule has 3 heterocycles. The number of hydrogen-bond acceptors (Lipinski definition) is 4. The lowest BCUT2D eigenvalue weighted by Crippen LogP contribution is -2.44. The van der Waals surface area contributed by atoms with E-state index in [2.05, 4.69) is 34.2 Å². The van der Waals surface area contributed by atoms with E-state index in [-0.39, 0.29) is 5.60 Å². The summed E-state index contributed by atoms with van der Waals surface area (Å²) in [5.74, 6) is 0.556. The Morgan fingerprint density at radius 2 is 2.38 bits per heavy atom. The summed E-state index contributed by atoms with van der Waals surface area (Å²) >= 11 is 3.54. The predicted octanol–water partition coefficient (Wildman–Crippen LogP) is 3.67. The fraction of sp³-hybridized carbons (Fsp3) is 0.750. The van der Waals surface area contributed by atoms with Crippen LogP contribution in [0.5, 0.6) is 0 Å². The van der Waals surface area contributed by atoms with Crippen LogP contribution in [0.1, 0.15) is 44.2 Å². The van der Waals surface area contributed by atoms with E-state index < -0.39 is 0 Å². The number of halogens is 1. The molecule has 0 radical (unpaired) electrons. The third-order valence-electron chi connectivity index (χ3n) is 4.67. The van der Waals surface area contributed by atoms with Crippen LogP contribution >= 0.6 is 15.9 Å². The van der Waals surface area contributed by atoms with Gasteiger partial charge >= 0.3 is 0 Å². The molecular weight excluding hydrogens is 334 g/mol. The van der Waals surface area contributed by atoms with Gasteiger partial charge in [-0.25, -0.2) is 0 Å². The van der Waals surface area contributed by atoms with Crippen molar-refractivity contribution in [2.75, 3.05) is 26.4 Å². The minimum atomic E-state index is -0.0503. The normalized spacial score (nSPS) is 30.9. The zero-order chi connectivity index (χ0) is 14.7. The minimum Gasteiger partial charge on any atom is -0.457 e. The molecule has 1 aromatic rings. The van der Waals surface area contributed by atoms with Gasteiger partial charge in [0.25, 0.3) is 0 Å². The van der Waals surface area contributed by atoms with Gasteiger partial charge in [0.1, 0.15) is 0 Å². The van der Waals surface area contributed by atoms with Crippen LogP contribution in [0.4, 0.5) is 0 Å². The maximum Gasteiger partial charge on any atom is 0.173 e. The van der Waals surface area contributed by atoms with Gasteiger partial charge in [0.05, 0.1) is 18.5 Å². The fourth-order valence-electron chi connectivity index (χ4n) is 3.57. The molecule has 3 atom stereocenters. The maximum atomic E-state index is 6.07. The SMILES string of the molecule is CCCNC(c1ccoc1Br)C1CCOC2(CCOC2)C1. The van der Waals surface area contributed by atoms with Crippen molar-refractivity contribution >= 4 is 15.9 Å². The number of furan rings is 1. The maximum absolute atomic E-state index is 6.07. The topological polar surface area (TPSA) is 43.6 Å². The third kappa shape index (κ3) is 3.36. The van der Waals surface area contributed by atoms with Crippen molar-refractivity contribution in [2.45, 2.75) is 44.2 Å². The molecular formula is C16H24BrNO3. The molecule has 2 aliphatic heterocycles. The van der Waals surface area contributed by atoms with Gasteiger partial charge < -0.3 is 19.2 Å². The van der Waals surface area contributed by atoms with E-state index in [1.807, 2.05) is 0 Å². The predicted molar refractivity (Wildman–Crippen MR) is 84.3 cm³/mol. The van der Waals surface area contributed by atoms with Crippen LogP contribution in [0.25, 0.3) is 0 Å². The molecule has 1 spiro atoms. The fourth-order valence-corrected chi connectivity index (χ4v) is 4.06. The van der Waals surface area contributed by atoms with Crippen LogP contribution in [-0.2, 0) is 9.47 Å². The second-order valence-electron chi connectivity index (χ2n) is 6.17. The van der Waals surface area contributed by atoms with Gasteiger partial charge in [-0.1, -0.05) is 6.92 Å². The van der Waals surface area contributed by atoms with E-state index in [0.29, 0.717) is 12.0 Å². The van der Waals surface area contributed by atoms with E-state index in [1.54, 1.807) is 6.26 Å². The molecule has 0 amide bonds. The summed E-state index contributed by atoms with van der Waals surface area (Å²) in [6.07, 6.45) is 6.06. The van der Waals surface area contributed by atoms with E-state index in [1.165, 1.54) is 5.56 Å². The molecule has 21 heavy (non-hydrogen) atoms. The van der Waals surface area contributed by atoms with Crippen LogP contribution in [-0.4, -0.2) is 32.0 Å². The first-order chi connectivity index (χ1) is 10.2. The summed E-state index contributed by atoms with van der Waals surface area (Å²) in [5, 5.41) is 3.70. The second kappa shape index (κ2) is 6.82. The van der Waals surface area contributed by atoms with E-state index in [0.717, 1.165) is 56.7 Å². The van der Waals surface area contributed by atoms with Gasteiger partial charge in [0.2, 0.25) is 0 Å². The molecule has 1 N–H and O–H groups in total. The van der Waals surface area contributed by atoms with Crippen molar-refractivity contribution in [1.82, 2.24) is 5.32 Å². The van der Waals surface area contributed by atoms with Gasteiger partial charge in [0, 0.05) is 31.2 Å². The molecule has 3 rings (SSSR count). The Kier molecular flexibility index (Phi) is 5.04. The van der Waals surface area contributed by atoms with Crippen molar-refractivity contribution in [3.05, 3.63) is 22.6 Å². The van der Waals surface area contributed by atoms with Crippen molar-refractivity contribution in [2.24, 2.45) is 5.92 Å². The summed E-state index contributed by atoms with van der Waals surface area (Å²) in [4.78, 5) is 0. The number of nitrogens with one attached hydrogen (secondary N) is 1. The summed E-state index contributed by atoms with van der Waals surface area (Å²) in [7, 11) is 0. The van der Waals surface area contributed by atoms with Crippen molar-refractivity contribution in [1.29, 1.82) is 0 Å². The highest BCUT2D eigenvalue weighted by Crippen LogP contribution is 2.42. The largest absolute Gasteiger partial charge is 0.457 e. The Hall–Kier alpha value is -0.360. The van der Waals surface area contributed by atoms with Gasteiger partial charge in [0.15, 0.2) is 4.67 Å². The van der Waals surface area contributed by atoms with E-state index in [9.17, 15) is 0 Å². The quantitative estimate of drug-likeness (QED) is 0.872. The highest BCUT2D eigenvalue weighted by Gasteiger charge is 2.43. The highest BCUT2D eigenvalue weighted by molar-refractivity contribution is 9.10. The van der Waals surface area contributed by atoms with Crippen LogP contribution in [0, 0.1) is 5.92 Å². The lowest BCUT2D eigenvalue weighted by atomic mass is 9.79. The summed E-state index contributed by atoms with van der Waals surface area (Å²) in [6, 6.07) is 2.39. The first-order valence-electron chi connectivity index (χ1n) is 7.92. The number of hydrogen-bond donors (Lipinski definition) is 1. The minimum absolute atomic E-state index is 0.0503. The smallest absolute Gasteiger partial charge is 0.173 e. The van der Waals surface area contributed by atoms with Crippen molar-refractivity contribution < 1.29 is 13.9 Å². The van der Waals surface area contributed by atoms with E-state index >= 15 is 0 Å². The highest BCUT2D eigenvalue weighted by atomic mass is 79.9. The average molecular weight is 358 g/mol. The van der Waals surface area contributed by atoms with Crippen LogP contribution < -0.4 is 5.32 Å². The third-order valence-corrected chi connectivity index (χ3v) is 5.31. The van der Waals surface area contributed by atoms with Crippen molar-refractivity contribution in [3.8, 4) is 0 Å². The lowest BCUT2D eigenvalue weighted by Gasteiger charge is -2.40. The van der Waals surface area contributed by atoms with Gasteiger partial charge in [-0.2, -0.15) is 0 Å². The molecule has 4 nitrogen and oxygen atoms in total. The summed E-state index contributed by atoms with van der Waals surface area (Å²) in [5.41, 5.74) is 1.18. The molecule has 1 aromatic heterocycles. The van der Waals surface area contributed by atoms with Crippen LogP contribution in [0.3, 0.4) is 0 Å². The van der Waals surface area contributed by atoms with Gasteiger partial charge in [-0.05, 0) is 53.7 Å². The molecule has 3 unspecified atom stereocenters. The summed E-state index contributed by atoms with van der Waals surface area (Å²) in [6.45, 7) is 5.62. The Bertz CT molecular complexity index is 456. The molecule has 2 aliphatic rings. The molecule has 0 aliphatic carbocycles. The first kappa shape index (κ1) is 15.5. The summed E-state index contributed by atoms with van der Waals surface area (Å²) < 4.78 is 18.0. The van der Waals surface area contributed by atoms with Gasteiger partial charge in [-0.3, -0.25) is 0 Å². The lowest BCUT2D eigenvalue weighted by molar-refractivity contribution is -0.103. The molecule has 5 heteroatoms.